The topological polar surface area (TPSA) is 23.1 Å². The molecule has 0 aliphatic rings. The summed E-state index contributed by atoms with van der Waals surface area (Å²) in [6.45, 7) is 3.53. The van der Waals surface area contributed by atoms with E-state index in [-0.39, 0.29) is 0 Å². The smallest absolute Gasteiger partial charge is 0.0780 e. The maximum atomic E-state index is 8.06. The van der Waals surface area contributed by atoms with Crippen LogP contribution in [-0.2, 0) is 0 Å². The molecule has 0 bridgehead atoms. The van der Waals surface area contributed by atoms with Gasteiger partial charge in [0.15, 0.2) is 0 Å². The second-order valence-electron chi connectivity index (χ2n) is 3.37. The molecule has 10 heavy (non-hydrogen) atoms. The molecule has 0 aromatic carbocycles. The molecule has 0 amide bonds. The molecular weight excluding hydrogens is 194 g/mol. The van der Waals surface area contributed by atoms with E-state index in [2.05, 4.69) is 28.1 Å². The molecule has 0 aliphatic heterocycles. The third-order valence-electron chi connectivity index (χ3n) is 1.18. The van der Waals surface area contributed by atoms with Crippen molar-refractivity contribution in [3.63, 3.8) is 0 Å². The van der Waals surface area contributed by atoms with Gasteiger partial charge < -0.3 is 8.68 Å². The zero-order chi connectivity index (χ0) is 8.62. The molecule has 0 rings (SSSR count). The number of nitrogens with zero attached hydrogens (tertiary/aromatic N) is 1. The predicted octanol–water partition coefficient (Wildman–Crippen LogP) is 1.15. The van der Waals surface area contributed by atoms with E-state index in [4.69, 9.17) is 4.20 Å². The zero-order valence-electron chi connectivity index (χ0n) is 7.35. The highest BCUT2D eigenvalue weighted by molar-refractivity contribution is 9.04. The van der Waals surface area contributed by atoms with Gasteiger partial charge in [-0.05, 0) is 6.42 Å². The Balaban J connectivity index is 0. The molecule has 0 unspecified atom stereocenters. The van der Waals surface area contributed by atoms with Gasteiger partial charge in [-0.3, -0.25) is 0 Å². The van der Waals surface area contributed by atoms with Crippen molar-refractivity contribution >= 4 is 16.3 Å². The SMILES string of the molecule is CCCC[N+](C)(C)C.[O-]Br. The van der Waals surface area contributed by atoms with Crippen LogP contribution in [0.25, 0.3) is 0 Å². The number of halogens is 1. The standard InChI is InChI=1S/C7H18N.BrO/c1-5-6-7-8(2,3)4;1-2/h5-7H2,1-4H3;/q+1;-1. The van der Waals surface area contributed by atoms with Crippen LogP contribution in [0, 0.1) is 0 Å². The number of hydrogen-bond acceptors (Lipinski definition) is 1. The molecule has 0 saturated heterocycles. The molecular formula is C7H18BrNO. The minimum atomic E-state index is 1.10. The van der Waals surface area contributed by atoms with Crippen LogP contribution in [0.3, 0.4) is 0 Å². The van der Waals surface area contributed by atoms with Gasteiger partial charge in [0.2, 0.25) is 0 Å². The van der Waals surface area contributed by atoms with Crippen molar-refractivity contribution in [1.29, 1.82) is 0 Å². The van der Waals surface area contributed by atoms with E-state index in [1.165, 1.54) is 19.4 Å². The van der Waals surface area contributed by atoms with Crippen LogP contribution in [0.1, 0.15) is 19.8 Å². The first-order chi connectivity index (χ1) is 4.56. The van der Waals surface area contributed by atoms with Crippen molar-refractivity contribution in [3.8, 4) is 0 Å². The Bertz CT molecular complexity index is 61.1. The van der Waals surface area contributed by atoms with Crippen LogP contribution in [0.15, 0.2) is 0 Å². The average molecular weight is 212 g/mol. The summed E-state index contributed by atoms with van der Waals surface area (Å²) in [5.74, 6) is 0. The molecule has 0 fully saturated rings. The largest absolute Gasteiger partial charge is 0.791 e. The Labute approximate surface area is 72.9 Å². The fourth-order valence-corrected chi connectivity index (χ4v) is 0.632. The van der Waals surface area contributed by atoms with Crippen molar-refractivity contribution in [2.24, 2.45) is 0 Å². The first kappa shape index (κ1) is 13.0. The summed E-state index contributed by atoms with van der Waals surface area (Å²) in [5, 5.41) is 0. The predicted molar refractivity (Wildman–Crippen MR) is 46.7 cm³/mol. The number of rotatable bonds is 3. The Hall–Kier alpha value is 0.400. The van der Waals surface area contributed by atoms with Crippen molar-refractivity contribution in [1.82, 2.24) is 0 Å². The summed E-state index contributed by atoms with van der Waals surface area (Å²) >= 11 is 1.69. The first-order valence-electron chi connectivity index (χ1n) is 3.52. The van der Waals surface area contributed by atoms with Crippen LogP contribution >= 0.6 is 16.3 Å². The molecule has 0 aromatic rings. The van der Waals surface area contributed by atoms with E-state index >= 15 is 0 Å². The normalized spacial score (nSPS) is 10.2. The molecule has 0 aliphatic carbocycles. The first-order valence-corrected chi connectivity index (χ1v) is 4.17. The molecule has 0 N–H and O–H groups in total. The van der Waals surface area contributed by atoms with Gasteiger partial charge in [0.05, 0.1) is 27.7 Å². The highest BCUT2D eigenvalue weighted by atomic mass is 79.9. The van der Waals surface area contributed by atoms with Gasteiger partial charge in [-0.25, -0.2) is 16.3 Å². The Kier molecular flexibility index (Phi) is 9.78. The van der Waals surface area contributed by atoms with Gasteiger partial charge in [0.1, 0.15) is 0 Å². The Morgan fingerprint density at radius 3 is 1.70 bits per heavy atom. The molecule has 0 heterocycles. The van der Waals surface area contributed by atoms with Crippen LogP contribution in [0.4, 0.5) is 0 Å². The summed E-state index contributed by atoms with van der Waals surface area (Å²) in [6, 6.07) is 0. The molecule has 0 radical (unpaired) electrons. The summed E-state index contributed by atoms with van der Waals surface area (Å²) < 4.78 is 9.17. The van der Waals surface area contributed by atoms with Crippen LogP contribution < -0.4 is 4.20 Å². The molecule has 0 aromatic heterocycles. The molecule has 64 valence electrons. The van der Waals surface area contributed by atoms with Gasteiger partial charge in [0.25, 0.3) is 0 Å². The second-order valence-corrected chi connectivity index (χ2v) is 3.37. The number of unbranched alkanes of at least 4 members (excludes halogenated alkanes) is 1. The lowest BCUT2D eigenvalue weighted by Gasteiger charge is -2.23. The summed E-state index contributed by atoms with van der Waals surface area (Å²) in [7, 11) is 6.70. The van der Waals surface area contributed by atoms with Crippen molar-refractivity contribution < 1.29 is 8.68 Å². The molecule has 3 heteroatoms. The Morgan fingerprint density at radius 1 is 1.20 bits per heavy atom. The molecule has 0 saturated carbocycles. The minimum Gasteiger partial charge on any atom is -0.791 e. The van der Waals surface area contributed by atoms with E-state index in [0.717, 1.165) is 4.48 Å². The van der Waals surface area contributed by atoms with E-state index in [1.54, 1.807) is 16.3 Å². The van der Waals surface area contributed by atoms with Crippen LogP contribution in [0.5, 0.6) is 0 Å². The second kappa shape index (κ2) is 7.51. The fraction of sp³-hybridized carbons (Fsp3) is 1.00. The van der Waals surface area contributed by atoms with Gasteiger partial charge in [0, 0.05) is 0 Å². The minimum absolute atomic E-state index is 1.10. The lowest BCUT2D eigenvalue weighted by Crippen LogP contribution is -2.35. The summed E-state index contributed by atoms with van der Waals surface area (Å²) in [5.41, 5.74) is 0. The third-order valence-corrected chi connectivity index (χ3v) is 1.18. The van der Waals surface area contributed by atoms with E-state index in [1.807, 2.05) is 0 Å². The maximum Gasteiger partial charge on any atom is 0.0780 e. The highest BCUT2D eigenvalue weighted by Gasteiger charge is 2.02. The average Bonchev–Trinajstić information content (AvgIpc) is 1.87. The zero-order valence-corrected chi connectivity index (χ0v) is 8.94. The fourth-order valence-electron chi connectivity index (χ4n) is 0.632. The van der Waals surface area contributed by atoms with E-state index in [9.17, 15) is 0 Å². The number of hydrogen-bond donors (Lipinski definition) is 0. The Morgan fingerprint density at radius 2 is 1.60 bits per heavy atom. The van der Waals surface area contributed by atoms with Gasteiger partial charge >= 0.3 is 0 Å². The molecule has 0 atom stereocenters. The van der Waals surface area contributed by atoms with Gasteiger partial charge in [-0.15, -0.1) is 0 Å². The summed E-state index contributed by atoms with van der Waals surface area (Å²) in [4.78, 5) is 0. The van der Waals surface area contributed by atoms with Gasteiger partial charge in [-0.2, -0.15) is 0 Å². The van der Waals surface area contributed by atoms with Crippen molar-refractivity contribution in [2.45, 2.75) is 19.8 Å². The highest BCUT2D eigenvalue weighted by Crippen LogP contribution is 1.94. The van der Waals surface area contributed by atoms with E-state index in [0.29, 0.717) is 0 Å². The van der Waals surface area contributed by atoms with Crippen LogP contribution in [0.2, 0.25) is 0 Å². The van der Waals surface area contributed by atoms with E-state index < -0.39 is 0 Å². The third kappa shape index (κ3) is 15.8. The van der Waals surface area contributed by atoms with Gasteiger partial charge in [-0.1, -0.05) is 13.3 Å². The quantitative estimate of drug-likeness (QED) is 0.643. The van der Waals surface area contributed by atoms with Crippen molar-refractivity contribution in [3.05, 3.63) is 0 Å². The summed E-state index contributed by atoms with van der Waals surface area (Å²) in [6.07, 6.45) is 2.67. The lowest BCUT2D eigenvalue weighted by molar-refractivity contribution is -0.870. The molecule has 2 nitrogen and oxygen atoms in total. The molecule has 0 spiro atoms. The maximum absolute atomic E-state index is 8.06. The monoisotopic (exact) mass is 211 g/mol. The van der Waals surface area contributed by atoms with Crippen LogP contribution in [-0.4, -0.2) is 32.2 Å². The lowest BCUT2D eigenvalue weighted by atomic mass is 10.3. The van der Waals surface area contributed by atoms with Crippen molar-refractivity contribution in [2.75, 3.05) is 27.7 Å². The number of quaternary nitrogens is 1.